The second kappa shape index (κ2) is 8.50. The van der Waals surface area contributed by atoms with Gasteiger partial charge in [0.15, 0.2) is 0 Å². The van der Waals surface area contributed by atoms with Crippen LogP contribution in [0.1, 0.15) is 29.2 Å². The number of hydrogen-bond acceptors (Lipinski definition) is 3. The number of rotatable bonds is 6. The monoisotopic (exact) mass is 345 g/mol. The van der Waals surface area contributed by atoms with Crippen LogP contribution in [0, 0.1) is 6.92 Å². The van der Waals surface area contributed by atoms with Gasteiger partial charge in [-0.1, -0.05) is 53.6 Å². The lowest BCUT2D eigenvalue weighted by atomic mass is 10.0. The highest BCUT2D eigenvalue weighted by Crippen LogP contribution is 2.20. The molecule has 0 radical (unpaired) electrons. The maximum absolute atomic E-state index is 12.3. The third kappa shape index (κ3) is 5.39. The number of methoxy groups -OCH3 is 1. The summed E-state index contributed by atoms with van der Waals surface area (Å²) in [6.45, 7) is 2.00. The maximum Gasteiger partial charge on any atom is 0.307 e. The smallest absolute Gasteiger partial charge is 0.307 e. The molecule has 0 saturated heterocycles. The molecule has 0 saturated carbocycles. The number of carbonyl (C=O) groups excluding carboxylic acids is 2. The molecular formula is C19H20ClNO3. The quantitative estimate of drug-likeness (QED) is 0.814. The van der Waals surface area contributed by atoms with Gasteiger partial charge in [0.1, 0.15) is 0 Å². The number of nitrogens with one attached hydrogen (secondary N) is 1. The zero-order valence-electron chi connectivity index (χ0n) is 13.7. The van der Waals surface area contributed by atoms with Gasteiger partial charge < -0.3 is 10.1 Å². The lowest BCUT2D eigenvalue weighted by molar-refractivity contribution is -0.141. The fraction of sp³-hybridized carbons (Fsp3) is 0.263. The van der Waals surface area contributed by atoms with Crippen LogP contribution in [0.2, 0.25) is 5.02 Å². The van der Waals surface area contributed by atoms with Crippen LogP contribution in [0.3, 0.4) is 0 Å². The molecule has 2 aromatic carbocycles. The maximum atomic E-state index is 12.3. The largest absolute Gasteiger partial charge is 0.469 e. The highest BCUT2D eigenvalue weighted by atomic mass is 35.5. The van der Waals surface area contributed by atoms with E-state index in [0.717, 1.165) is 16.7 Å². The summed E-state index contributed by atoms with van der Waals surface area (Å²) in [5.74, 6) is -0.534. The summed E-state index contributed by atoms with van der Waals surface area (Å²) in [6.07, 6.45) is 0.323. The summed E-state index contributed by atoms with van der Waals surface area (Å²) >= 11 is 5.90. The highest BCUT2D eigenvalue weighted by Gasteiger charge is 2.19. The van der Waals surface area contributed by atoms with Crippen molar-refractivity contribution in [2.75, 3.05) is 7.11 Å². The number of benzene rings is 2. The first-order valence-corrected chi connectivity index (χ1v) is 8.03. The van der Waals surface area contributed by atoms with Crippen LogP contribution < -0.4 is 5.32 Å². The second-order valence-electron chi connectivity index (χ2n) is 5.61. The Balaban J connectivity index is 2.08. The zero-order valence-corrected chi connectivity index (χ0v) is 14.5. The summed E-state index contributed by atoms with van der Waals surface area (Å²) in [6, 6.07) is 14.4. The molecule has 0 aromatic heterocycles. The normalized spacial score (nSPS) is 11.6. The van der Waals surface area contributed by atoms with Gasteiger partial charge in [-0.15, -0.1) is 0 Å². The van der Waals surface area contributed by atoms with Crippen molar-refractivity contribution in [3.05, 3.63) is 70.2 Å². The molecule has 0 fully saturated rings. The molecule has 0 aliphatic heterocycles. The van der Waals surface area contributed by atoms with Crippen LogP contribution in [0.15, 0.2) is 48.5 Å². The van der Waals surface area contributed by atoms with E-state index in [1.165, 1.54) is 7.11 Å². The Bertz CT molecular complexity index is 696. The lowest BCUT2D eigenvalue weighted by Crippen LogP contribution is -2.31. The standard InChI is InChI=1S/C19H20ClNO3/c1-13-3-5-14(6-4-13)11-18(22)21-17(12-19(23)24-2)15-7-9-16(20)10-8-15/h3-10,17H,11-12H2,1-2H3,(H,21,22). The molecule has 1 atom stereocenters. The first-order chi connectivity index (χ1) is 11.5. The van der Waals surface area contributed by atoms with Gasteiger partial charge in [-0.05, 0) is 30.2 Å². The molecular weight excluding hydrogens is 326 g/mol. The molecule has 5 heteroatoms. The Morgan fingerprint density at radius 3 is 2.29 bits per heavy atom. The number of aryl methyl sites for hydroxylation is 1. The number of amides is 1. The Hall–Kier alpha value is -2.33. The summed E-state index contributed by atoms with van der Waals surface area (Å²) < 4.78 is 4.72. The number of ether oxygens (including phenoxy) is 1. The van der Waals surface area contributed by atoms with E-state index in [1.807, 2.05) is 31.2 Å². The van der Waals surface area contributed by atoms with Crippen LogP contribution in [0.4, 0.5) is 0 Å². The minimum absolute atomic E-state index is 0.0672. The second-order valence-corrected chi connectivity index (χ2v) is 6.05. The molecule has 0 spiro atoms. The van der Waals surface area contributed by atoms with Gasteiger partial charge >= 0.3 is 5.97 Å². The molecule has 24 heavy (non-hydrogen) atoms. The minimum atomic E-state index is -0.451. The van der Waals surface area contributed by atoms with E-state index in [1.54, 1.807) is 24.3 Å². The van der Waals surface area contributed by atoms with E-state index in [-0.39, 0.29) is 24.7 Å². The van der Waals surface area contributed by atoms with Gasteiger partial charge in [-0.25, -0.2) is 0 Å². The van der Waals surface area contributed by atoms with Crippen LogP contribution in [0.5, 0.6) is 0 Å². The number of hydrogen-bond donors (Lipinski definition) is 1. The topological polar surface area (TPSA) is 55.4 Å². The van der Waals surface area contributed by atoms with Gasteiger partial charge in [-0.2, -0.15) is 0 Å². The van der Waals surface area contributed by atoms with E-state index in [2.05, 4.69) is 5.32 Å². The predicted molar refractivity (Wildman–Crippen MR) is 93.9 cm³/mol. The van der Waals surface area contributed by atoms with Crippen LogP contribution in [0.25, 0.3) is 0 Å². The molecule has 0 aliphatic carbocycles. The fourth-order valence-corrected chi connectivity index (χ4v) is 2.46. The third-order valence-electron chi connectivity index (χ3n) is 3.69. The predicted octanol–water partition coefficient (Wildman–Crippen LogP) is 3.61. The van der Waals surface area contributed by atoms with E-state index in [9.17, 15) is 9.59 Å². The summed E-state index contributed by atoms with van der Waals surface area (Å²) in [5.41, 5.74) is 2.87. The Morgan fingerprint density at radius 2 is 1.71 bits per heavy atom. The third-order valence-corrected chi connectivity index (χ3v) is 3.94. The van der Waals surface area contributed by atoms with Gasteiger partial charge in [-0.3, -0.25) is 9.59 Å². The first kappa shape index (κ1) is 18.0. The number of halogens is 1. The van der Waals surface area contributed by atoms with Crippen molar-refractivity contribution in [3.63, 3.8) is 0 Å². The van der Waals surface area contributed by atoms with Gasteiger partial charge in [0, 0.05) is 5.02 Å². The minimum Gasteiger partial charge on any atom is -0.469 e. The lowest BCUT2D eigenvalue weighted by Gasteiger charge is -2.18. The summed E-state index contributed by atoms with van der Waals surface area (Å²) in [4.78, 5) is 24.0. The summed E-state index contributed by atoms with van der Waals surface area (Å²) in [5, 5.41) is 3.50. The molecule has 0 bridgehead atoms. The average Bonchev–Trinajstić information content (AvgIpc) is 2.57. The molecule has 1 amide bonds. The van der Waals surface area contributed by atoms with Crippen molar-refractivity contribution in [1.29, 1.82) is 0 Å². The Kier molecular flexibility index (Phi) is 6.38. The summed E-state index contributed by atoms with van der Waals surface area (Å²) in [7, 11) is 1.33. The molecule has 4 nitrogen and oxygen atoms in total. The molecule has 1 N–H and O–H groups in total. The van der Waals surface area contributed by atoms with Crippen LogP contribution in [-0.2, 0) is 20.7 Å². The van der Waals surface area contributed by atoms with Crippen molar-refractivity contribution >= 4 is 23.5 Å². The Morgan fingerprint density at radius 1 is 1.08 bits per heavy atom. The van der Waals surface area contributed by atoms with E-state index < -0.39 is 6.04 Å². The van der Waals surface area contributed by atoms with Crippen molar-refractivity contribution in [3.8, 4) is 0 Å². The van der Waals surface area contributed by atoms with Crippen molar-refractivity contribution in [1.82, 2.24) is 5.32 Å². The van der Waals surface area contributed by atoms with Gasteiger partial charge in [0.25, 0.3) is 0 Å². The SMILES string of the molecule is COC(=O)CC(NC(=O)Cc1ccc(C)cc1)c1ccc(Cl)cc1. The van der Waals surface area contributed by atoms with Crippen LogP contribution >= 0.6 is 11.6 Å². The molecule has 1 unspecified atom stereocenters. The molecule has 2 aromatic rings. The van der Waals surface area contributed by atoms with Crippen molar-refractivity contribution in [2.24, 2.45) is 0 Å². The highest BCUT2D eigenvalue weighted by molar-refractivity contribution is 6.30. The van der Waals surface area contributed by atoms with Crippen LogP contribution in [-0.4, -0.2) is 19.0 Å². The number of carbonyl (C=O) groups is 2. The molecule has 126 valence electrons. The van der Waals surface area contributed by atoms with Gasteiger partial charge in [0.05, 0.1) is 26.0 Å². The van der Waals surface area contributed by atoms with E-state index in [0.29, 0.717) is 5.02 Å². The van der Waals surface area contributed by atoms with Gasteiger partial charge in [0.2, 0.25) is 5.91 Å². The first-order valence-electron chi connectivity index (χ1n) is 7.65. The zero-order chi connectivity index (χ0) is 17.5. The molecule has 2 rings (SSSR count). The van der Waals surface area contributed by atoms with Crippen molar-refractivity contribution in [2.45, 2.75) is 25.8 Å². The van der Waals surface area contributed by atoms with Crippen molar-refractivity contribution < 1.29 is 14.3 Å². The molecule has 0 aliphatic rings. The fourth-order valence-electron chi connectivity index (χ4n) is 2.33. The average molecular weight is 346 g/mol. The molecule has 0 heterocycles. The van der Waals surface area contributed by atoms with E-state index >= 15 is 0 Å². The Labute approximate surface area is 146 Å². The number of esters is 1. The van der Waals surface area contributed by atoms with E-state index in [4.69, 9.17) is 16.3 Å².